The van der Waals surface area contributed by atoms with Gasteiger partial charge in [0.25, 0.3) is 5.89 Å². The number of nitrogens with two attached hydrogens (primary N) is 1. The molecule has 0 radical (unpaired) electrons. The van der Waals surface area contributed by atoms with Gasteiger partial charge in [0.15, 0.2) is 6.61 Å². The van der Waals surface area contributed by atoms with Crippen molar-refractivity contribution in [3.63, 3.8) is 0 Å². The smallest absolute Gasteiger partial charge is 0.253 e. The molecule has 2 N–H and O–H groups in total. The van der Waals surface area contributed by atoms with Crippen LogP contribution < -0.4 is 10.5 Å². The van der Waals surface area contributed by atoms with Gasteiger partial charge in [0.05, 0.1) is 0 Å². The summed E-state index contributed by atoms with van der Waals surface area (Å²) < 4.78 is 10.8. The van der Waals surface area contributed by atoms with Gasteiger partial charge in [-0.05, 0) is 6.07 Å². The van der Waals surface area contributed by atoms with E-state index in [0.29, 0.717) is 18.3 Å². The van der Waals surface area contributed by atoms with E-state index in [2.05, 4.69) is 10.2 Å². The van der Waals surface area contributed by atoms with Crippen molar-refractivity contribution in [2.24, 2.45) is 5.73 Å². The Morgan fingerprint density at radius 2 is 2.12 bits per heavy atom. The number of para-hydroxylation sites is 1. The van der Waals surface area contributed by atoms with Crippen LogP contribution in [0.5, 0.6) is 5.75 Å². The summed E-state index contributed by atoms with van der Waals surface area (Å²) in [5.74, 6) is 1.75. The maximum atomic E-state index is 5.59. The van der Waals surface area contributed by atoms with Crippen molar-refractivity contribution in [1.82, 2.24) is 10.2 Å². The average molecular weight is 219 g/mol. The molecule has 1 aromatic heterocycles. The van der Waals surface area contributed by atoms with Gasteiger partial charge in [0.2, 0.25) is 5.89 Å². The second-order valence-corrected chi connectivity index (χ2v) is 3.32. The highest BCUT2D eigenvalue weighted by molar-refractivity contribution is 5.32. The highest BCUT2D eigenvalue weighted by Crippen LogP contribution is 2.18. The van der Waals surface area contributed by atoms with Crippen LogP contribution in [0.2, 0.25) is 0 Å². The van der Waals surface area contributed by atoms with E-state index < -0.39 is 0 Å². The molecular weight excluding hydrogens is 206 g/mol. The molecule has 5 nitrogen and oxygen atoms in total. The average Bonchev–Trinajstić information content (AvgIpc) is 2.73. The monoisotopic (exact) mass is 219 g/mol. The molecule has 2 rings (SSSR count). The number of nitrogens with zero attached hydrogens (tertiary/aromatic N) is 2. The van der Waals surface area contributed by atoms with Crippen LogP contribution in [-0.2, 0) is 13.2 Å². The van der Waals surface area contributed by atoms with E-state index in [9.17, 15) is 0 Å². The molecule has 0 unspecified atom stereocenters. The van der Waals surface area contributed by atoms with Gasteiger partial charge in [0.1, 0.15) is 5.75 Å². The fourth-order valence-electron chi connectivity index (χ4n) is 1.35. The van der Waals surface area contributed by atoms with E-state index in [4.69, 9.17) is 14.9 Å². The van der Waals surface area contributed by atoms with Crippen molar-refractivity contribution in [1.29, 1.82) is 0 Å². The maximum Gasteiger partial charge on any atom is 0.253 e. The molecule has 0 aliphatic rings. The van der Waals surface area contributed by atoms with Crippen LogP contribution in [0.1, 0.15) is 17.3 Å². The fourth-order valence-corrected chi connectivity index (χ4v) is 1.35. The lowest BCUT2D eigenvalue weighted by Crippen LogP contribution is -2.02. The third-order valence-corrected chi connectivity index (χ3v) is 2.11. The summed E-state index contributed by atoms with van der Waals surface area (Å²) in [5, 5.41) is 7.56. The summed E-state index contributed by atoms with van der Waals surface area (Å²) >= 11 is 0. The second-order valence-electron chi connectivity index (χ2n) is 3.32. The van der Waals surface area contributed by atoms with Gasteiger partial charge in [-0.25, -0.2) is 0 Å². The largest absolute Gasteiger partial charge is 0.483 e. The fraction of sp³-hybridized carbons (Fsp3) is 0.273. The zero-order valence-corrected chi connectivity index (χ0v) is 9.01. The first kappa shape index (κ1) is 10.6. The molecule has 0 spiro atoms. The molecule has 1 heterocycles. The van der Waals surface area contributed by atoms with Crippen LogP contribution >= 0.6 is 0 Å². The molecule has 0 amide bonds. The first-order chi connectivity index (χ1) is 7.79. The van der Waals surface area contributed by atoms with Crippen molar-refractivity contribution in [3.8, 4) is 5.75 Å². The van der Waals surface area contributed by atoms with Crippen LogP contribution in [0.3, 0.4) is 0 Å². The molecule has 0 aliphatic heterocycles. The van der Waals surface area contributed by atoms with Crippen molar-refractivity contribution in [2.75, 3.05) is 0 Å². The topological polar surface area (TPSA) is 74.2 Å². The third kappa shape index (κ3) is 2.38. The summed E-state index contributed by atoms with van der Waals surface area (Å²) in [6, 6.07) is 7.61. The summed E-state index contributed by atoms with van der Waals surface area (Å²) in [6.45, 7) is 2.45. The van der Waals surface area contributed by atoms with E-state index in [1.807, 2.05) is 24.3 Å². The molecule has 84 valence electrons. The van der Waals surface area contributed by atoms with Crippen LogP contribution in [0.15, 0.2) is 28.7 Å². The summed E-state index contributed by atoms with van der Waals surface area (Å²) in [5.41, 5.74) is 6.55. The van der Waals surface area contributed by atoms with Crippen molar-refractivity contribution in [2.45, 2.75) is 20.1 Å². The number of hydrogen-bond acceptors (Lipinski definition) is 5. The molecule has 16 heavy (non-hydrogen) atoms. The quantitative estimate of drug-likeness (QED) is 0.841. The van der Waals surface area contributed by atoms with Crippen LogP contribution in [0.25, 0.3) is 0 Å². The SMILES string of the molecule is Cc1nnc(COc2ccccc2CN)o1. The van der Waals surface area contributed by atoms with E-state index in [-0.39, 0.29) is 6.61 Å². The normalized spacial score (nSPS) is 10.4. The third-order valence-electron chi connectivity index (χ3n) is 2.11. The Balaban J connectivity index is 2.04. The van der Waals surface area contributed by atoms with E-state index >= 15 is 0 Å². The van der Waals surface area contributed by atoms with E-state index in [1.54, 1.807) is 6.92 Å². The highest BCUT2D eigenvalue weighted by atomic mass is 16.5. The Morgan fingerprint density at radius 3 is 2.81 bits per heavy atom. The zero-order chi connectivity index (χ0) is 11.4. The Morgan fingerprint density at radius 1 is 1.31 bits per heavy atom. The molecule has 0 saturated carbocycles. The summed E-state index contributed by atoms with van der Waals surface area (Å²) in [6.07, 6.45) is 0. The molecule has 5 heteroatoms. The molecule has 0 fully saturated rings. The molecule has 0 saturated heterocycles. The number of ether oxygens (including phenoxy) is 1. The Kier molecular flexibility index (Phi) is 3.16. The van der Waals surface area contributed by atoms with E-state index in [1.165, 1.54) is 0 Å². The van der Waals surface area contributed by atoms with Gasteiger partial charge in [-0.1, -0.05) is 18.2 Å². The van der Waals surface area contributed by atoms with E-state index in [0.717, 1.165) is 11.3 Å². The lowest BCUT2D eigenvalue weighted by atomic mass is 10.2. The minimum atomic E-state index is 0.262. The zero-order valence-electron chi connectivity index (χ0n) is 9.01. The predicted octanol–water partition coefficient (Wildman–Crippen LogP) is 1.42. The van der Waals surface area contributed by atoms with Crippen molar-refractivity contribution >= 4 is 0 Å². The van der Waals surface area contributed by atoms with Gasteiger partial charge in [0, 0.05) is 19.0 Å². The van der Waals surface area contributed by atoms with Crippen molar-refractivity contribution in [3.05, 3.63) is 41.6 Å². The number of aromatic nitrogens is 2. The highest BCUT2D eigenvalue weighted by Gasteiger charge is 2.05. The molecule has 1 aromatic carbocycles. The molecular formula is C11H13N3O2. The van der Waals surface area contributed by atoms with Crippen molar-refractivity contribution < 1.29 is 9.15 Å². The summed E-state index contributed by atoms with van der Waals surface area (Å²) in [7, 11) is 0. The number of rotatable bonds is 4. The number of aryl methyl sites for hydroxylation is 1. The second kappa shape index (κ2) is 4.76. The van der Waals surface area contributed by atoms with Gasteiger partial charge in [-0.2, -0.15) is 0 Å². The standard InChI is InChI=1S/C11H13N3O2/c1-8-13-14-11(16-8)7-15-10-5-3-2-4-9(10)6-12/h2-5H,6-7,12H2,1H3. The molecule has 2 aromatic rings. The first-order valence-corrected chi connectivity index (χ1v) is 4.99. The maximum absolute atomic E-state index is 5.59. The minimum absolute atomic E-state index is 0.262. The minimum Gasteiger partial charge on any atom is -0.483 e. The number of benzene rings is 1. The van der Waals surface area contributed by atoms with Gasteiger partial charge < -0.3 is 14.9 Å². The number of hydrogen-bond donors (Lipinski definition) is 1. The molecule has 0 atom stereocenters. The molecule has 0 aliphatic carbocycles. The van der Waals surface area contributed by atoms with Gasteiger partial charge in [-0.3, -0.25) is 0 Å². The van der Waals surface area contributed by atoms with Gasteiger partial charge in [-0.15, -0.1) is 10.2 Å². The predicted molar refractivity (Wildman–Crippen MR) is 57.7 cm³/mol. The molecule has 0 bridgehead atoms. The lowest BCUT2D eigenvalue weighted by molar-refractivity contribution is 0.258. The summed E-state index contributed by atoms with van der Waals surface area (Å²) in [4.78, 5) is 0. The Hall–Kier alpha value is -1.88. The Bertz CT molecular complexity index is 468. The lowest BCUT2D eigenvalue weighted by Gasteiger charge is -2.07. The van der Waals surface area contributed by atoms with Crippen LogP contribution in [0, 0.1) is 6.92 Å². The van der Waals surface area contributed by atoms with Crippen LogP contribution in [0.4, 0.5) is 0 Å². The van der Waals surface area contributed by atoms with Crippen LogP contribution in [-0.4, -0.2) is 10.2 Å². The Labute approximate surface area is 93.2 Å². The van der Waals surface area contributed by atoms with Gasteiger partial charge >= 0.3 is 0 Å². The first-order valence-electron chi connectivity index (χ1n) is 4.99.